The Morgan fingerprint density at radius 3 is 2.70 bits per heavy atom. The van der Waals surface area contributed by atoms with Gasteiger partial charge in [-0.2, -0.15) is 0 Å². The van der Waals surface area contributed by atoms with Gasteiger partial charge in [0.2, 0.25) is 0 Å². The fraction of sp³-hybridized carbons (Fsp3) is 0.273. The number of nitrogens with two attached hydrogens (primary N) is 1. The first-order chi connectivity index (χ1) is 14.2. The highest BCUT2D eigenvalue weighted by Gasteiger charge is 2.44. The second-order valence-electron chi connectivity index (χ2n) is 7.52. The van der Waals surface area contributed by atoms with Crippen LogP contribution in [0.4, 0.5) is 14.5 Å². The summed E-state index contributed by atoms with van der Waals surface area (Å²) in [6, 6.07) is 10.1. The number of benzene rings is 1. The fourth-order valence-electron chi connectivity index (χ4n) is 3.43. The van der Waals surface area contributed by atoms with Gasteiger partial charge in [0.05, 0.1) is 18.8 Å². The van der Waals surface area contributed by atoms with Crippen LogP contribution < -0.4 is 16.0 Å². The van der Waals surface area contributed by atoms with E-state index in [0.717, 1.165) is 0 Å². The Kier molecular flexibility index (Phi) is 4.71. The van der Waals surface area contributed by atoms with Crippen LogP contribution in [-0.2, 0) is 0 Å². The second kappa shape index (κ2) is 7.11. The van der Waals surface area contributed by atoms with Crippen LogP contribution in [0.25, 0.3) is 11.3 Å². The van der Waals surface area contributed by atoms with E-state index in [2.05, 4.69) is 28.7 Å². The second-order valence-corrected chi connectivity index (χ2v) is 7.52. The van der Waals surface area contributed by atoms with Gasteiger partial charge in [0, 0.05) is 35.5 Å². The summed E-state index contributed by atoms with van der Waals surface area (Å²) in [7, 11) is 0. The van der Waals surface area contributed by atoms with Crippen molar-refractivity contribution < 1.29 is 18.7 Å². The van der Waals surface area contributed by atoms with Gasteiger partial charge in [-0.3, -0.25) is 4.79 Å². The van der Waals surface area contributed by atoms with Crippen molar-refractivity contribution in [2.75, 3.05) is 24.5 Å². The number of nitrogens with one attached hydrogen (secondary N) is 1. The summed E-state index contributed by atoms with van der Waals surface area (Å²) >= 11 is 0. The van der Waals surface area contributed by atoms with Gasteiger partial charge >= 0.3 is 0 Å². The molecule has 1 atom stereocenters. The Hall–Kier alpha value is -3.44. The van der Waals surface area contributed by atoms with Crippen molar-refractivity contribution in [3.8, 4) is 23.1 Å². The minimum absolute atomic E-state index is 0.00292. The molecule has 6 nitrogen and oxygen atoms in total. The topological polar surface area (TPSA) is 91.5 Å². The molecule has 2 fully saturated rings. The number of hydrogen-bond acceptors (Lipinski definition) is 5. The lowest BCUT2D eigenvalue weighted by Gasteiger charge is -2.40. The van der Waals surface area contributed by atoms with Crippen LogP contribution in [0.3, 0.4) is 0 Å². The maximum absolute atomic E-state index is 13.3. The quantitative estimate of drug-likeness (QED) is 0.673. The SMILES string of the molecule is C=C1NCC[C@@]1(O)C#Cc1cccc(-c2cc(N3CC(F)(F)C3)cc(C(N)=O)n2)c1. The number of aromatic nitrogens is 1. The fourth-order valence-corrected chi connectivity index (χ4v) is 3.43. The molecule has 154 valence electrons. The third kappa shape index (κ3) is 3.84. The van der Waals surface area contributed by atoms with Gasteiger partial charge in [0.1, 0.15) is 5.69 Å². The average Bonchev–Trinajstić information content (AvgIpc) is 3.03. The third-order valence-corrected chi connectivity index (χ3v) is 5.17. The van der Waals surface area contributed by atoms with Crippen LogP contribution in [0.5, 0.6) is 0 Å². The zero-order valence-electron chi connectivity index (χ0n) is 16.1. The Bertz CT molecular complexity index is 1100. The first-order valence-electron chi connectivity index (χ1n) is 9.39. The van der Waals surface area contributed by atoms with E-state index in [1.165, 1.54) is 11.0 Å². The zero-order chi connectivity index (χ0) is 21.5. The monoisotopic (exact) mass is 410 g/mol. The number of amides is 1. The number of hydrogen-bond donors (Lipinski definition) is 3. The summed E-state index contributed by atoms with van der Waals surface area (Å²) < 4.78 is 26.6. The molecule has 3 heterocycles. The molecular weight excluding hydrogens is 390 g/mol. The predicted molar refractivity (Wildman–Crippen MR) is 109 cm³/mol. The summed E-state index contributed by atoms with van der Waals surface area (Å²) in [4.78, 5) is 17.4. The number of nitrogens with zero attached hydrogens (tertiary/aromatic N) is 2. The molecule has 0 aliphatic carbocycles. The van der Waals surface area contributed by atoms with Crippen molar-refractivity contribution in [2.45, 2.75) is 17.9 Å². The number of primary amides is 1. The minimum Gasteiger partial charge on any atom is -0.385 e. The van der Waals surface area contributed by atoms with Crippen LogP contribution in [-0.4, -0.2) is 47.2 Å². The number of pyridine rings is 1. The highest BCUT2D eigenvalue weighted by atomic mass is 19.3. The number of alkyl halides is 2. The summed E-state index contributed by atoms with van der Waals surface area (Å²) in [6.07, 6.45) is 0.449. The van der Waals surface area contributed by atoms with Gasteiger partial charge in [-0.25, -0.2) is 13.8 Å². The molecule has 4 N–H and O–H groups in total. The van der Waals surface area contributed by atoms with Gasteiger partial charge < -0.3 is 21.1 Å². The third-order valence-electron chi connectivity index (χ3n) is 5.17. The van der Waals surface area contributed by atoms with E-state index in [0.29, 0.717) is 41.2 Å². The van der Waals surface area contributed by atoms with Crippen LogP contribution in [0.1, 0.15) is 22.5 Å². The molecule has 0 unspecified atom stereocenters. The summed E-state index contributed by atoms with van der Waals surface area (Å²) in [5, 5.41) is 13.5. The lowest BCUT2D eigenvalue weighted by molar-refractivity contribution is -0.0262. The number of carbonyl (C=O) groups excluding carboxylic acids is 1. The standard InChI is InChI=1S/C22H20F2N4O2/c1-14-21(30,7-8-26-14)6-5-15-3-2-4-16(9-15)18-10-17(11-19(27-18)20(25)29)28-12-22(23,24)13-28/h2-4,9-11,26,30H,1,7-8,12-13H2,(H2,25,29)/t21-/m0/s1. The molecule has 1 aromatic heterocycles. The normalized spacial score (nSPS) is 22.0. The number of aliphatic hydroxyl groups is 1. The molecular formula is C22H20F2N4O2. The van der Waals surface area contributed by atoms with Crippen LogP contribution in [0.2, 0.25) is 0 Å². The Morgan fingerprint density at radius 1 is 1.30 bits per heavy atom. The Balaban J connectivity index is 1.67. The molecule has 0 saturated carbocycles. The number of carbonyl (C=O) groups is 1. The minimum atomic E-state index is -2.74. The molecule has 30 heavy (non-hydrogen) atoms. The Labute approximate surface area is 172 Å². The van der Waals surface area contributed by atoms with E-state index in [1.807, 2.05) is 0 Å². The van der Waals surface area contributed by atoms with Crippen molar-refractivity contribution in [3.05, 3.63) is 59.9 Å². The van der Waals surface area contributed by atoms with E-state index in [1.54, 1.807) is 30.3 Å². The molecule has 2 aliphatic heterocycles. The van der Waals surface area contributed by atoms with Gasteiger partial charge in [-0.05, 0) is 24.3 Å². The maximum atomic E-state index is 13.3. The average molecular weight is 410 g/mol. The van der Waals surface area contributed by atoms with Crippen molar-refractivity contribution in [1.82, 2.24) is 10.3 Å². The van der Waals surface area contributed by atoms with Gasteiger partial charge in [0.25, 0.3) is 11.8 Å². The molecule has 1 aromatic carbocycles. The first kappa shape index (κ1) is 19.9. The molecule has 0 spiro atoms. The maximum Gasteiger partial charge on any atom is 0.282 e. The molecule has 0 radical (unpaired) electrons. The molecule has 2 aromatic rings. The predicted octanol–water partition coefficient (Wildman–Crippen LogP) is 1.89. The molecule has 0 bridgehead atoms. The van der Waals surface area contributed by atoms with Crippen LogP contribution in [0, 0.1) is 11.8 Å². The lowest BCUT2D eigenvalue weighted by atomic mass is 10.00. The first-order valence-corrected chi connectivity index (χ1v) is 9.39. The number of anilines is 1. The molecule has 4 rings (SSSR count). The van der Waals surface area contributed by atoms with E-state index in [4.69, 9.17) is 5.73 Å². The molecule has 2 saturated heterocycles. The largest absolute Gasteiger partial charge is 0.385 e. The summed E-state index contributed by atoms with van der Waals surface area (Å²) in [5.41, 5.74) is 6.73. The number of halogens is 2. The number of rotatable bonds is 3. The van der Waals surface area contributed by atoms with Gasteiger partial charge in [-0.15, -0.1) is 0 Å². The van der Waals surface area contributed by atoms with Crippen molar-refractivity contribution in [3.63, 3.8) is 0 Å². The van der Waals surface area contributed by atoms with E-state index < -0.39 is 30.5 Å². The van der Waals surface area contributed by atoms with E-state index >= 15 is 0 Å². The summed E-state index contributed by atoms with van der Waals surface area (Å²) in [5.74, 6) is 2.31. The molecule has 1 amide bonds. The molecule has 8 heteroatoms. The highest BCUT2D eigenvalue weighted by molar-refractivity contribution is 5.92. The van der Waals surface area contributed by atoms with Crippen molar-refractivity contribution in [1.29, 1.82) is 0 Å². The highest BCUT2D eigenvalue weighted by Crippen LogP contribution is 2.34. The lowest BCUT2D eigenvalue weighted by Crippen LogP contribution is -2.56. The molecule has 2 aliphatic rings. The van der Waals surface area contributed by atoms with Gasteiger partial charge in [0.15, 0.2) is 5.60 Å². The zero-order valence-corrected chi connectivity index (χ0v) is 16.1. The van der Waals surface area contributed by atoms with Crippen LogP contribution in [0.15, 0.2) is 48.7 Å². The van der Waals surface area contributed by atoms with Gasteiger partial charge in [-0.1, -0.05) is 30.6 Å². The van der Waals surface area contributed by atoms with Crippen molar-refractivity contribution in [2.24, 2.45) is 5.73 Å². The summed E-state index contributed by atoms with van der Waals surface area (Å²) in [6.45, 7) is 3.55. The smallest absolute Gasteiger partial charge is 0.282 e. The van der Waals surface area contributed by atoms with Crippen molar-refractivity contribution >= 4 is 11.6 Å². The Morgan fingerprint density at radius 2 is 2.07 bits per heavy atom. The van der Waals surface area contributed by atoms with E-state index in [9.17, 15) is 18.7 Å². The van der Waals surface area contributed by atoms with Crippen LogP contribution >= 0.6 is 0 Å². The van der Waals surface area contributed by atoms with E-state index in [-0.39, 0.29) is 5.69 Å².